The maximum atomic E-state index is 12.0. The van der Waals surface area contributed by atoms with Gasteiger partial charge < -0.3 is 20.3 Å². The molecule has 1 aromatic rings. The molecule has 3 heterocycles. The summed E-state index contributed by atoms with van der Waals surface area (Å²) in [6.07, 6.45) is 6.13. The van der Waals surface area contributed by atoms with Gasteiger partial charge in [0.25, 0.3) is 5.91 Å². The smallest absolute Gasteiger partial charge is 0.288 e. The summed E-state index contributed by atoms with van der Waals surface area (Å²) in [7, 11) is 1.61. The lowest BCUT2D eigenvalue weighted by Gasteiger charge is -2.51. The zero-order chi connectivity index (χ0) is 19.0. The number of hydrogen-bond donors (Lipinski definition) is 2. The predicted molar refractivity (Wildman–Crippen MR) is 104 cm³/mol. The molecule has 2 atom stereocenters. The summed E-state index contributed by atoms with van der Waals surface area (Å²) in [5.74, 6) is 0.919. The zero-order valence-corrected chi connectivity index (χ0v) is 16.7. The maximum Gasteiger partial charge on any atom is 0.288 e. The number of nitrogens with zero attached hydrogens (tertiary/aromatic N) is 3. The molecule has 2 N–H and O–H groups in total. The van der Waals surface area contributed by atoms with Gasteiger partial charge in [0.15, 0.2) is 0 Å². The van der Waals surface area contributed by atoms with E-state index in [0.717, 1.165) is 56.2 Å². The quantitative estimate of drug-likeness (QED) is 0.834. The maximum absolute atomic E-state index is 12.0. The molecule has 0 bridgehead atoms. The Balaban J connectivity index is 1.46. The first-order valence-corrected chi connectivity index (χ1v) is 10.2. The van der Waals surface area contributed by atoms with E-state index < -0.39 is 0 Å². The molecule has 2 aliphatic heterocycles. The number of nitrogens with one attached hydrogen (secondary N) is 2. The molecule has 1 unspecified atom stereocenters. The lowest BCUT2D eigenvalue weighted by atomic mass is 9.63. The molecule has 1 aliphatic carbocycles. The minimum Gasteiger partial charge on any atom is -0.381 e. The van der Waals surface area contributed by atoms with Crippen LogP contribution in [0.3, 0.4) is 0 Å². The lowest BCUT2D eigenvalue weighted by molar-refractivity contribution is -0.0797. The Bertz CT molecular complexity index is 719. The molecule has 0 radical (unpaired) electrons. The number of hydrogen-bond acceptors (Lipinski definition) is 6. The summed E-state index contributed by atoms with van der Waals surface area (Å²) in [5.41, 5.74) is 2.30. The number of anilines is 1. The van der Waals surface area contributed by atoms with Crippen LogP contribution < -0.4 is 15.5 Å². The molecule has 148 valence electrons. The van der Waals surface area contributed by atoms with Crippen LogP contribution in [0, 0.1) is 19.3 Å². The Labute approximate surface area is 161 Å². The zero-order valence-electron chi connectivity index (χ0n) is 16.7. The number of rotatable bonds is 4. The van der Waals surface area contributed by atoms with E-state index >= 15 is 0 Å². The fourth-order valence-corrected chi connectivity index (χ4v) is 4.78. The van der Waals surface area contributed by atoms with Crippen molar-refractivity contribution in [2.75, 3.05) is 38.3 Å². The second kappa shape index (κ2) is 7.36. The van der Waals surface area contributed by atoms with E-state index in [1.54, 1.807) is 7.05 Å². The molecular weight excluding hydrogens is 342 g/mol. The summed E-state index contributed by atoms with van der Waals surface area (Å²) in [6.45, 7) is 7.66. The molecule has 7 nitrogen and oxygen atoms in total. The van der Waals surface area contributed by atoms with Gasteiger partial charge in [-0.3, -0.25) is 4.79 Å². The molecular formula is C20H31N5O2. The predicted octanol–water partition coefficient (Wildman–Crippen LogP) is 1.58. The van der Waals surface area contributed by atoms with Crippen molar-refractivity contribution in [2.24, 2.45) is 5.41 Å². The third-order valence-corrected chi connectivity index (χ3v) is 6.75. The normalized spacial score (nSPS) is 26.9. The number of aromatic nitrogens is 2. The summed E-state index contributed by atoms with van der Waals surface area (Å²) in [6, 6.07) is 1.03. The van der Waals surface area contributed by atoms with Gasteiger partial charge in [0.1, 0.15) is 5.82 Å². The fraction of sp³-hybridized carbons (Fsp3) is 0.750. The molecule has 0 aromatic carbocycles. The summed E-state index contributed by atoms with van der Waals surface area (Å²) >= 11 is 0. The Morgan fingerprint density at radius 2 is 2.07 bits per heavy atom. The summed E-state index contributed by atoms with van der Waals surface area (Å²) < 4.78 is 5.78. The molecule has 1 spiro atoms. The van der Waals surface area contributed by atoms with E-state index in [0.29, 0.717) is 17.5 Å². The van der Waals surface area contributed by atoms with Gasteiger partial charge in [-0.2, -0.15) is 0 Å². The van der Waals surface area contributed by atoms with Crippen LogP contribution in [-0.4, -0.2) is 61.3 Å². The molecule has 1 amide bonds. The van der Waals surface area contributed by atoms with Gasteiger partial charge in [-0.15, -0.1) is 0 Å². The van der Waals surface area contributed by atoms with Crippen LogP contribution in [0.4, 0.5) is 5.82 Å². The van der Waals surface area contributed by atoms with E-state index in [4.69, 9.17) is 4.74 Å². The highest BCUT2D eigenvalue weighted by molar-refractivity contribution is 5.90. The van der Waals surface area contributed by atoms with Gasteiger partial charge in [0.05, 0.1) is 6.61 Å². The van der Waals surface area contributed by atoms with Crippen molar-refractivity contribution in [3.8, 4) is 0 Å². The third-order valence-electron chi connectivity index (χ3n) is 6.75. The Kier molecular flexibility index (Phi) is 5.07. The van der Waals surface area contributed by atoms with E-state index in [1.807, 2.05) is 13.8 Å². The van der Waals surface area contributed by atoms with E-state index in [-0.39, 0.29) is 11.7 Å². The lowest BCUT2D eigenvalue weighted by Crippen LogP contribution is -2.57. The van der Waals surface area contributed by atoms with Crippen molar-refractivity contribution in [3.05, 3.63) is 17.1 Å². The topological polar surface area (TPSA) is 79.4 Å². The van der Waals surface area contributed by atoms with Gasteiger partial charge >= 0.3 is 0 Å². The average Bonchev–Trinajstić information content (AvgIpc) is 3.10. The molecule has 2 saturated heterocycles. The first kappa shape index (κ1) is 18.6. The van der Waals surface area contributed by atoms with E-state index in [2.05, 4.69) is 25.5 Å². The fourth-order valence-electron chi connectivity index (χ4n) is 4.78. The van der Waals surface area contributed by atoms with Crippen molar-refractivity contribution in [3.63, 3.8) is 0 Å². The first-order valence-electron chi connectivity index (χ1n) is 10.2. The van der Waals surface area contributed by atoms with Crippen LogP contribution in [-0.2, 0) is 4.74 Å². The minimum absolute atomic E-state index is 0.234. The van der Waals surface area contributed by atoms with Gasteiger partial charge in [-0.25, -0.2) is 9.97 Å². The SMILES string of the molecule is CNC(=O)c1nc(C)c(C)c(N2CC[C@@H](NC3CCOCC34CCC4)C2)n1. The highest BCUT2D eigenvalue weighted by Gasteiger charge is 2.47. The molecule has 3 aliphatic rings. The largest absolute Gasteiger partial charge is 0.381 e. The number of aryl methyl sites for hydroxylation is 1. The Hall–Kier alpha value is -1.73. The Morgan fingerprint density at radius 1 is 1.26 bits per heavy atom. The molecule has 3 fully saturated rings. The van der Waals surface area contributed by atoms with Gasteiger partial charge in [0, 0.05) is 55.5 Å². The standard InChI is InChI=1S/C20H31N5O2/c1-13-14(2)22-17(19(26)21-3)24-18(13)25-9-5-15(11-25)23-16-6-10-27-12-20(16)7-4-8-20/h15-16,23H,4-12H2,1-3H3,(H,21,26)/t15-,16?/m1/s1. The number of carbonyl (C=O) groups is 1. The Morgan fingerprint density at radius 3 is 2.78 bits per heavy atom. The van der Waals surface area contributed by atoms with Crippen molar-refractivity contribution in [2.45, 2.75) is 58.0 Å². The monoisotopic (exact) mass is 373 g/mol. The second-order valence-electron chi connectivity index (χ2n) is 8.37. The molecule has 4 rings (SSSR count). The second-order valence-corrected chi connectivity index (χ2v) is 8.37. The highest BCUT2D eigenvalue weighted by Crippen LogP contribution is 2.47. The molecule has 7 heteroatoms. The van der Waals surface area contributed by atoms with Gasteiger partial charge in [-0.05, 0) is 39.5 Å². The van der Waals surface area contributed by atoms with Crippen LogP contribution >= 0.6 is 0 Å². The summed E-state index contributed by atoms with van der Waals surface area (Å²) in [4.78, 5) is 23.2. The number of carbonyl (C=O) groups excluding carboxylic acids is 1. The third kappa shape index (κ3) is 3.43. The van der Waals surface area contributed by atoms with Crippen molar-refractivity contribution >= 4 is 11.7 Å². The van der Waals surface area contributed by atoms with Crippen molar-refractivity contribution in [1.29, 1.82) is 0 Å². The van der Waals surface area contributed by atoms with Crippen molar-refractivity contribution in [1.82, 2.24) is 20.6 Å². The van der Waals surface area contributed by atoms with Crippen molar-refractivity contribution < 1.29 is 9.53 Å². The minimum atomic E-state index is -0.234. The van der Waals surface area contributed by atoms with Gasteiger partial charge in [0.2, 0.25) is 5.82 Å². The van der Waals surface area contributed by atoms with Crippen LogP contribution in [0.15, 0.2) is 0 Å². The van der Waals surface area contributed by atoms with E-state index in [9.17, 15) is 4.79 Å². The van der Waals surface area contributed by atoms with Crippen LogP contribution in [0.2, 0.25) is 0 Å². The summed E-state index contributed by atoms with van der Waals surface area (Å²) in [5, 5.41) is 6.57. The van der Waals surface area contributed by atoms with E-state index in [1.165, 1.54) is 19.3 Å². The van der Waals surface area contributed by atoms with Crippen LogP contribution in [0.5, 0.6) is 0 Å². The van der Waals surface area contributed by atoms with Gasteiger partial charge in [-0.1, -0.05) is 6.42 Å². The molecule has 1 aromatic heterocycles. The molecule has 27 heavy (non-hydrogen) atoms. The number of amides is 1. The molecule has 1 saturated carbocycles. The average molecular weight is 374 g/mol. The van der Waals surface area contributed by atoms with Crippen LogP contribution in [0.1, 0.15) is 54.0 Å². The van der Waals surface area contributed by atoms with Crippen LogP contribution in [0.25, 0.3) is 0 Å². The first-order chi connectivity index (χ1) is 13.0. The highest BCUT2D eigenvalue weighted by atomic mass is 16.5. The number of ether oxygens (including phenoxy) is 1.